The maximum Gasteiger partial charge on any atom is 0.196 e. The average molecular weight is 439 g/mol. The molecule has 4 aromatic rings. The zero-order valence-corrected chi connectivity index (χ0v) is 18.9. The standard InChI is InChI=1S/C22H22N4O2S2/c1-14-5-8-18(9-6-14)26-15(2)24-25-22(26)30-13-17-12-29-21(23-17)16-7-10-19(27-3)20(11-16)28-4/h5-12H,13H2,1-4H3. The monoisotopic (exact) mass is 438 g/mol. The molecule has 0 aliphatic rings. The van der Waals surface area contributed by atoms with Crippen molar-refractivity contribution in [1.82, 2.24) is 19.7 Å². The summed E-state index contributed by atoms with van der Waals surface area (Å²) in [6, 6.07) is 14.2. The lowest BCUT2D eigenvalue weighted by Gasteiger charge is -2.08. The molecule has 0 amide bonds. The molecule has 0 fully saturated rings. The van der Waals surface area contributed by atoms with E-state index in [-0.39, 0.29) is 0 Å². The Hall–Kier alpha value is -2.84. The first kappa shape index (κ1) is 20.4. The van der Waals surface area contributed by atoms with Crippen molar-refractivity contribution in [2.45, 2.75) is 24.8 Å². The van der Waals surface area contributed by atoms with Gasteiger partial charge in [0.1, 0.15) is 10.8 Å². The molecule has 0 radical (unpaired) electrons. The van der Waals surface area contributed by atoms with E-state index < -0.39 is 0 Å². The minimum atomic E-state index is 0.697. The lowest BCUT2D eigenvalue weighted by Crippen LogP contribution is -1.99. The molecule has 8 heteroatoms. The number of ether oxygens (including phenoxy) is 2. The van der Waals surface area contributed by atoms with Gasteiger partial charge in [0.15, 0.2) is 16.7 Å². The summed E-state index contributed by atoms with van der Waals surface area (Å²) in [5.74, 6) is 2.99. The Kier molecular flexibility index (Phi) is 6.06. The summed E-state index contributed by atoms with van der Waals surface area (Å²) in [4.78, 5) is 4.79. The maximum absolute atomic E-state index is 5.41. The molecule has 0 N–H and O–H groups in total. The van der Waals surface area contributed by atoms with Crippen LogP contribution < -0.4 is 9.47 Å². The normalized spacial score (nSPS) is 10.9. The first-order valence-corrected chi connectivity index (χ1v) is 11.2. The third kappa shape index (κ3) is 4.20. The van der Waals surface area contributed by atoms with Gasteiger partial charge in [-0.1, -0.05) is 29.5 Å². The topological polar surface area (TPSA) is 62.1 Å². The quantitative estimate of drug-likeness (QED) is 0.364. The summed E-state index contributed by atoms with van der Waals surface area (Å²) in [6.07, 6.45) is 0. The molecule has 0 atom stereocenters. The van der Waals surface area contributed by atoms with Crippen molar-refractivity contribution >= 4 is 23.1 Å². The van der Waals surface area contributed by atoms with E-state index in [0.717, 1.165) is 32.9 Å². The molecule has 2 heterocycles. The highest BCUT2D eigenvalue weighted by atomic mass is 32.2. The number of hydrogen-bond donors (Lipinski definition) is 0. The van der Waals surface area contributed by atoms with Gasteiger partial charge in [-0.2, -0.15) is 0 Å². The van der Waals surface area contributed by atoms with Crippen LogP contribution in [0, 0.1) is 13.8 Å². The Bertz CT molecular complexity index is 1150. The molecular weight excluding hydrogens is 416 g/mol. The summed E-state index contributed by atoms with van der Waals surface area (Å²) < 4.78 is 12.8. The second-order valence-corrected chi connectivity index (χ2v) is 8.50. The van der Waals surface area contributed by atoms with Crippen molar-refractivity contribution in [2.75, 3.05) is 14.2 Å². The fourth-order valence-electron chi connectivity index (χ4n) is 3.04. The molecule has 2 aromatic heterocycles. The second-order valence-electron chi connectivity index (χ2n) is 6.70. The number of hydrogen-bond acceptors (Lipinski definition) is 7. The van der Waals surface area contributed by atoms with Gasteiger partial charge >= 0.3 is 0 Å². The average Bonchev–Trinajstić information content (AvgIpc) is 3.39. The molecule has 0 saturated carbocycles. The molecule has 0 bridgehead atoms. The summed E-state index contributed by atoms with van der Waals surface area (Å²) in [5, 5.41) is 12.5. The van der Waals surface area contributed by atoms with Crippen molar-refractivity contribution in [3.63, 3.8) is 0 Å². The summed E-state index contributed by atoms with van der Waals surface area (Å²) >= 11 is 3.25. The molecule has 0 aliphatic heterocycles. The van der Waals surface area contributed by atoms with Crippen molar-refractivity contribution in [1.29, 1.82) is 0 Å². The largest absolute Gasteiger partial charge is 0.493 e. The molecular formula is C22H22N4O2S2. The van der Waals surface area contributed by atoms with E-state index in [9.17, 15) is 0 Å². The van der Waals surface area contributed by atoms with Crippen LogP contribution in [0.4, 0.5) is 0 Å². The molecule has 154 valence electrons. The van der Waals surface area contributed by atoms with Crippen LogP contribution in [-0.4, -0.2) is 34.0 Å². The van der Waals surface area contributed by atoms with E-state index in [0.29, 0.717) is 17.3 Å². The third-order valence-corrected chi connectivity index (χ3v) is 6.52. The fraction of sp³-hybridized carbons (Fsp3) is 0.227. The molecule has 4 rings (SSSR count). The first-order chi connectivity index (χ1) is 14.6. The van der Waals surface area contributed by atoms with Crippen molar-refractivity contribution in [3.8, 4) is 27.8 Å². The molecule has 30 heavy (non-hydrogen) atoms. The van der Waals surface area contributed by atoms with Gasteiger partial charge < -0.3 is 9.47 Å². The Morgan fingerprint density at radius 3 is 2.47 bits per heavy atom. The van der Waals surface area contributed by atoms with E-state index in [2.05, 4.69) is 51.3 Å². The van der Waals surface area contributed by atoms with Gasteiger partial charge in [0.25, 0.3) is 0 Å². The van der Waals surface area contributed by atoms with Gasteiger partial charge in [-0.3, -0.25) is 4.57 Å². The smallest absolute Gasteiger partial charge is 0.196 e. The van der Waals surface area contributed by atoms with E-state index in [4.69, 9.17) is 14.5 Å². The summed E-state index contributed by atoms with van der Waals surface area (Å²) in [6.45, 7) is 4.05. The number of thiazole rings is 1. The van der Waals surface area contributed by atoms with E-state index >= 15 is 0 Å². The van der Waals surface area contributed by atoms with Crippen molar-refractivity contribution in [3.05, 3.63) is 64.9 Å². The number of benzene rings is 2. The zero-order chi connectivity index (χ0) is 21.1. The number of nitrogens with zero attached hydrogens (tertiary/aromatic N) is 4. The molecule has 0 unspecified atom stereocenters. The predicted molar refractivity (Wildman–Crippen MR) is 121 cm³/mol. The van der Waals surface area contributed by atoms with Crippen molar-refractivity contribution in [2.24, 2.45) is 0 Å². The van der Waals surface area contributed by atoms with E-state index in [1.54, 1.807) is 37.3 Å². The minimum Gasteiger partial charge on any atom is -0.493 e. The fourth-order valence-corrected chi connectivity index (χ4v) is 4.85. The van der Waals surface area contributed by atoms with Gasteiger partial charge in [0.05, 0.1) is 19.9 Å². The number of rotatable bonds is 7. The Morgan fingerprint density at radius 2 is 1.73 bits per heavy atom. The van der Waals surface area contributed by atoms with Gasteiger partial charge in [-0.25, -0.2) is 4.98 Å². The van der Waals surface area contributed by atoms with Crippen LogP contribution in [0.3, 0.4) is 0 Å². The van der Waals surface area contributed by atoms with Crippen LogP contribution in [0.25, 0.3) is 16.3 Å². The minimum absolute atomic E-state index is 0.697. The van der Waals surface area contributed by atoms with Gasteiger partial charge in [0.2, 0.25) is 0 Å². The van der Waals surface area contributed by atoms with Crippen LogP contribution in [0.5, 0.6) is 11.5 Å². The Labute approximate surface area is 183 Å². The van der Waals surface area contributed by atoms with Crippen LogP contribution in [0.2, 0.25) is 0 Å². The molecule has 0 spiro atoms. The Morgan fingerprint density at radius 1 is 0.967 bits per heavy atom. The second kappa shape index (κ2) is 8.89. The number of aromatic nitrogens is 4. The van der Waals surface area contributed by atoms with Crippen molar-refractivity contribution < 1.29 is 9.47 Å². The summed E-state index contributed by atoms with van der Waals surface area (Å²) in [5.41, 5.74) is 4.30. The van der Waals surface area contributed by atoms with Gasteiger partial charge in [-0.05, 0) is 44.2 Å². The number of methoxy groups -OCH3 is 2. The lowest BCUT2D eigenvalue weighted by molar-refractivity contribution is 0.355. The first-order valence-electron chi connectivity index (χ1n) is 9.37. The Balaban J connectivity index is 1.51. The van der Waals surface area contributed by atoms with Crippen LogP contribution in [0.1, 0.15) is 17.1 Å². The SMILES string of the molecule is COc1ccc(-c2nc(CSc3nnc(C)n3-c3ccc(C)cc3)cs2)cc1OC. The lowest BCUT2D eigenvalue weighted by atomic mass is 10.2. The molecule has 0 aliphatic carbocycles. The van der Waals surface area contributed by atoms with Gasteiger partial charge in [0, 0.05) is 22.4 Å². The maximum atomic E-state index is 5.41. The van der Waals surface area contributed by atoms with Crippen LogP contribution in [0.15, 0.2) is 53.0 Å². The molecule has 2 aromatic carbocycles. The highest BCUT2D eigenvalue weighted by Crippen LogP contribution is 2.34. The van der Waals surface area contributed by atoms with Gasteiger partial charge in [-0.15, -0.1) is 21.5 Å². The highest BCUT2D eigenvalue weighted by Gasteiger charge is 2.14. The molecule has 0 saturated heterocycles. The van der Waals surface area contributed by atoms with E-state index in [1.807, 2.05) is 25.1 Å². The van der Waals surface area contributed by atoms with Crippen LogP contribution >= 0.6 is 23.1 Å². The third-order valence-electron chi connectivity index (χ3n) is 4.62. The number of thioether (sulfide) groups is 1. The summed E-state index contributed by atoms with van der Waals surface area (Å²) in [7, 11) is 3.27. The number of aryl methyl sites for hydroxylation is 2. The highest BCUT2D eigenvalue weighted by molar-refractivity contribution is 7.98. The molecule has 6 nitrogen and oxygen atoms in total. The zero-order valence-electron chi connectivity index (χ0n) is 17.2. The van der Waals surface area contributed by atoms with Crippen LogP contribution in [-0.2, 0) is 5.75 Å². The van der Waals surface area contributed by atoms with E-state index in [1.165, 1.54) is 5.56 Å². The predicted octanol–water partition coefficient (Wildman–Crippen LogP) is 5.32.